The monoisotopic (exact) mass is 248 g/mol. The molecule has 1 aromatic rings. The summed E-state index contributed by atoms with van der Waals surface area (Å²) in [4.78, 5) is 22.1. The van der Waals surface area contributed by atoms with E-state index in [0.29, 0.717) is 11.6 Å². The second-order valence-corrected chi connectivity index (χ2v) is 4.95. The Morgan fingerprint density at radius 1 is 1.56 bits per heavy atom. The van der Waals surface area contributed by atoms with Gasteiger partial charge in [-0.25, -0.2) is 9.97 Å². The molecule has 2 rings (SSSR count). The van der Waals surface area contributed by atoms with Crippen LogP contribution in [0.2, 0.25) is 0 Å². The minimum absolute atomic E-state index is 0.153. The van der Waals surface area contributed by atoms with Gasteiger partial charge in [-0.1, -0.05) is 0 Å². The summed E-state index contributed by atoms with van der Waals surface area (Å²) in [6.45, 7) is 2.29. The number of amides is 1. The van der Waals surface area contributed by atoms with Crippen molar-refractivity contribution in [3.63, 3.8) is 0 Å². The molecular formula is C13H20N4O. The van der Waals surface area contributed by atoms with Crippen LogP contribution in [0.25, 0.3) is 0 Å². The van der Waals surface area contributed by atoms with E-state index in [2.05, 4.69) is 27.2 Å². The first kappa shape index (κ1) is 13.0. The molecule has 0 radical (unpaired) electrons. The lowest BCUT2D eigenvalue weighted by Crippen LogP contribution is -2.33. The summed E-state index contributed by atoms with van der Waals surface area (Å²) in [6.07, 6.45) is 4.89. The smallest absolute Gasteiger partial charge is 0.269 e. The average molecular weight is 248 g/mol. The van der Waals surface area contributed by atoms with E-state index < -0.39 is 0 Å². The number of aromatic nitrogens is 2. The molecule has 1 aliphatic rings. The second kappa shape index (κ2) is 5.91. The molecule has 18 heavy (non-hydrogen) atoms. The maximum absolute atomic E-state index is 11.5. The van der Waals surface area contributed by atoms with Crippen LogP contribution < -0.4 is 5.32 Å². The first-order valence-electron chi connectivity index (χ1n) is 6.40. The molecule has 5 nitrogen and oxygen atoms in total. The van der Waals surface area contributed by atoms with Crippen LogP contribution >= 0.6 is 0 Å². The molecule has 1 saturated heterocycles. The Bertz CT molecular complexity index is 421. The van der Waals surface area contributed by atoms with Crippen LogP contribution in [0.1, 0.15) is 29.0 Å². The molecule has 1 fully saturated rings. The zero-order valence-electron chi connectivity index (χ0n) is 11.0. The fourth-order valence-corrected chi connectivity index (χ4v) is 2.50. The van der Waals surface area contributed by atoms with Crippen LogP contribution in [-0.2, 0) is 6.42 Å². The summed E-state index contributed by atoms with van der Waals surface area (Å²) in [5.41, 5.74) is 1.41. The highest BCUT2D eigenvalue weighted by Gasteiger charge is 2.18. The Morgan fingerprint density at radius 3 is 3.11 bits per heavy atom. The van der Waals surface area contributed by atoms with Gasteiger partial charge in [0.1, 0.15) is 12.0 Å². The van der Waals surface area contributed by atoms with Crippen molar-refractivity contribution in [2.75, 3.05) is 27.2 Å². The minimum atomic E-state index is -0.153. The standard InChI is InChI=1S/C13H20N4O/c1-14-13(18)12-7-11(15-9-16-12)6-10-4-3-5-17(2)8-10/h7,9-10H,3-6,8H2,1-2H3,(H,14,18)/t10-/m1/s1. The second-order valence-electron chi connectivity index (χ2n) is 4.95. The molecule has 0 unspecified atom stereocenters. The molecule has 2 heterocycles. The van der Waals surface area contributed by atoms with E-state index in [-0.39, 0.29) is 5.91 Å². The lowest BCUT2D eigenvalue weighted by molar-refractivity contribution is 0.0957. The van der Waals surface area contributed by atoms with Gasteiger partial charge in [-0.3, -0.25) is 4.79 Å². The number of rotatable bonds is 3. The van der Waals surface area contributed by atoms with E-state index in [0.717, 1.165) is 18.7 Å². The quantitative estimate of drug-likeness (QED) is 0.856. The van der Waals surface area contributed by atoms with Crippen molar-refractivity contribution in [1.29, 1.82) is 0 Å². The maximum atomic E-state index is 11.5. The highest BCUT2D eigenvalue weighted by atomic mass is 16.1. The predicted octanol–water partition coefficient (Wildman–Crippen LogP) is 0.720. The van der Waals surface area contributed by atoms with Crippen molar-refractivity contribution in [3.05, 3.63) is 23.8 Å². The molecule has 1 aliphatic heterocycles. The Kier molecular flexibility index (Phi) is 4.25. The summed E-state index contributed by atoms with van der Waals surface area (Å²) in [5.74, 6) is 0.482. The molecule has 0 aromatic carbocycles. The molecule has 0 saturated carbocycles. The highest BCUT2D eigenvalue weighted by molar-refractivity contribution is 5.91. The van der Waals surface area contributed by atoms with Crippen molar-refractivity contribution in [1.82, 2.24) is 20.2 Å². The number of hydrogen-bond donors (Lipinski definition) is 1. The zero-order valence-corrected chi connectivity index (χ0v) is 11.0. The number of hydrogen-bond acceptors (Lipinski definition) is 4. The van der Waals surface area contributed by atoms with Crippen LogP contribution in [0, 0.1) is 5.92 Å². The van der Waals surface area contributed by atoms with Gasteiger partial charge in [0.25, 0.3) is 5.91 Å². The Morgan fingerprint density at radius 2 is 2.39 bits per heavy atom. The van der Waals surface area contributed by atoms with Crippen LogP contribution in [0.3, 0.4) is 0 Å². The summed E-state index contributed by atoms with van der Waals surface area (Å²) >= 11 is 0. The van der Waals surface area contributed by atoms with Gasteiger partial charge in [-0.2, -0.15) is 0 Å². The van der Waals surface area contributed by atoms with Crippen LogP contribution in [0.15, 0.2) is 12.4 Å². The van der Waals surface area contributed by atoms with Crippen molar-refractivity contribution in [2.45, 2.75) is 19.3 Å². The third-order valence-electron chi connectivity index (χ3n) is 3.40. The lowest BCUT2D eigenvalue weighted by atomic mass is 9.93. The third-order valence-corrected chi connectivity index (χ3v) is 3.40. The van der Waals surface area contributed by atoms with Gasteiger partial charge in [-0.05, 0) is 44.8 Å². The topological polar surface area (TPSA) is 58.1 Å². The SMILES string of the molecule is CNC(=O)c1cc(C[C@H]2CCCN(C)C2)ncn1. The zero-order chi connectivity index (χ0) is 13.0. The summed E-state index contributed by atoms with van der Waals surface area (Å²) in [6, 6.07) is 1.80. The highest BCUT2D eigenvalue weighted by Crippen LogP contribution is 2.19. The van der Waals surface area contributed by atoms with E-state index in [1.54, 1.807) is 13.1 Å². The number of carbonyl (C=O) groups is 1. The normalized spacial score (nSPS) is 20.7. The number of piperidine rings is 1. The summed E-state index contributed by atoms with van der Waals surface area (Å²) in [5, 5.41) is 2.58. The van der Waals surface area contributed by atoms with Gasteiger partial charge in [0, 0.05) is 19.3 Å². The molecule has 1 atom stereocenters. The van der Waals surface area contributed by atoms with Crippen LogP contribution in [0.4, 0.5) is 0 Å². The van der Waals surface area contributed by atoms with Gasteiger partial charge in [-0.15, -0.1) is 0 Å². The number of likely N-dealkylation sites (tertiary alicyclic amines) is 1. The third kappa shape index (κ3) is 3.26. The number of carbonyl (C=O) groups excluding carboxylic acids is 1. The van der Waals surface area contributed by atoms with Crippen molar-refractivity contribution in [3.8, 4) is 0 Å². The van der Waals surface area contributed by atoms with E-state index in [1.807, 2.05) is 0 Å². The van der Waals surface area contributed by atoms with Gasteiger partial charge < -0.3 is 10.2 Å². The molecule has 1 aromatic heterocycles. The first-order chi connectivity index (χ1) is 8.69. The lowest BCUT2D eigenvalue weighted by Gasteiger charge is -2.29. The molecule has 1 amide bonds. The van der Waals surface area contributed by atoms with E-state index in [4.69, 9.17) is 0 Å². The van der Waals surface area contributed by atoms with Gasteiger partial charge in [0.05, 0.1) is 0 Å². The predicted molar refractivity (Wildman–Crippen MR) is 69.3 cm³/mol. The maximum Gasteiger partial charge on any atom is 0.269 e. The van der Waals surface area contributed by atoms with E-state index in [9.17, 15) is 4.79 Å². The van der Waals surface area contributed by atoms with E-state index >= 15 is 0 Å². The molecule has 0 spiro atoms. The Labute approximate surface area is 108 Å². The summed E-state index contributed by atoms with van der Waals surface area (Å²) in [7, 11) is 3.77. The van der Waals surface area contributed by atoms with Crippen molar-refractivity contribution < 1.29 is 4.79 Å². The Balaban J connectivity index is 2.02. The average Bonchev–Trinajstić information content (AvgIpc) is 2.38. The van der Waals surface area contributed by atoms with E-state index in [1.165, 1.54) is 25.7 Å². The molecule has 1 N–H and O–H groups in total. The van der Waals surface area contributed by atoms with Crippen LogP contribution in [-0.4, -0.2) is 48.0 Å². The fraction of sp³-hybridized carbons (Fsp3) is 0.615. The van der Waals surface area contributed by atoms with Crippen LogP contribution in [0.5, 0.6) is 0 Å². The van der Waals surface area contributed by atoms with Crippen molar-refractivity contribution >= 4 is 5.91 Å². The van der Waals surface area contributed by atoms with Gasteiger partial charge >= 0.3 is 0 Å². The van der Waals surface area contributed by atoms with Gasteiger partial charge in [0.15, 0.2) is 0 Å². The van der Waals surface area contributed by atoms with Crippen molar-refractivity contribution in [2.24, 2.45) is 5.92 Å². The minimum Gasteiger partial charge on any atom is -0.354 e. The first-order valence-corrected chi connectivity index (χ1v) is 6.40. The molecular weight excluding hydrogens is 228 g/mol. The molecule has 0 bridgehead atoms. The molecule has 5 heteroatoms. The molecule has 98 valence electrons. The largest absolute Gasteiger partial charge is 0.354 e. The van der Waals surface area contributed by atoms with Gasteiger partial charge in [0.2, 0.25) is 0 Å². The Hall–Kier alpha value is -1.49. The fourth-order valence-electron chi connectivity index (χ4n) is 2.50. The number of nitrogens with one attached hydrogen (secondary N) is 1. The summed E-state index contributed by atoms with van der Waals surface area (Å²) < 4.78 is 0. The number of nitrogens with zero attached hydrogens (tertiary/aromatic N) is 3. The molecule has 0 aliphatic carbocycles.